The molecule has 0 unspecified atom stereocenters. The van der Waals surface area contributed by atoms with Gasteiger partial charge in [0.05, 0.1) is 17.2 Å². The van der Waals surface area contributed by atoms with Crippen LogP contribution in [0.15, 0.2) is 67.0 Å². The molecule has 5 rings (SSSR count). The molecule has 2 fully saturated rings. The van der Waals surface area contributed by atoms with Gasteiger partial charge in [-0.15, -0.1) is 0 Å². The van der Waals surface area contributed by atoms with E-state index in [0.717, 1.165) is 19.3 Å². The number of ether oxygens (including phenoxy) is 3. The number of carbonyl (C=O) groups is 1. The number of para-hydroxylation sites is 1. The molecule has 0 aliphatic carbocycles. The molecule has 8 heteroatoms. The zero-order valence-corrected chi connectivity index (χ0v) is 18.8. The summed E-state index contributed by atoms with van der Waals surface area (Å²) in [6.45, 7) is 1.79. The monoisotopic (exact) mass is 465 g/mol. The van der Waals surface area contributed by atoms with Crippen LogP contribution in [0.3, 0.4) is 0 Å². The summed E-state index contributed by atoms with van der Waals surface area (Å²) in [5, 5.41) is 0.601. The molecule has 0 saturated carbocycles. The average Bonchev–Trinajstić information content (AvgIpc) is 3.23. The van der Waals surface area contributed by atoms with Crippen LogP contribution >= 0.6 is 11.6 Å². The van der Waals surface area contributed by atoms with Crippen LogP contribution < -0.4 is 9.47 Å². The van der Waals surface area contributed by atoms with Crippen molar-refractivity contribution >= 4 is 17.5 Å². The summed E-state index contributed by atoms with van der Waals surface area (Å²) in [7, 11) is 0. The fourth-order valence-corrected chi connectivity index (χ4v) is 4.56. The Morgan fingerprint density at radius 2 is 1.85 bits per heavy atom. The highest BCUT2D eigenvalue weighted by Crippen LogP contribution is 2.38. The van der Waals surface area contributed by atoms with E-state index < -0.39 is 0 Å². The summed E-state index contributed by atoms with van der Waals surface area (Å²) in [4.78, 5) is 23.1. The second-order valence-electron chi connectivity index (χ2n) is 8.32. The molecule has 2 aliphatic heterocycles. The van der Waals surface area contributed by atoms with Gasteiger partial charge in [0.25, 0.3) is 5.91 Å². The number of likely N-dealkylation sites (tertiary alicyclic amines) is 1. The van der Waals surface area contributed by atoms with Gasteiger partial charge in [0, 0.05) is 37.5 Å². The second-order valence-corrected chi connectivity index (χ2v) is 8.73. The predicted octanol–water partition coefficient (Wildman–Crippen LogP) is 4.77. The van der Waals surface area contributed by atoms with E-state index in [9.17, 15) is 4.79 Å². The molecule has 0 bridgehead atoms. The minimum atomic E-state index is -0.252. The zero-order chi connectivity index (χ0) is 22.7. The molecular formula is C25H24ClN3O4. The summed E-state index contributed by atoms with van der Waals surface area (Å²) in [5.74, 6) is 1.19. The van der Waals surface area contributed by atoms with E-state index in [1.807, 2.05) is 29.2 Å². The maximum absolute atomic E-state index is 13.1. The van der Waals surface area contributed by atoms with Crippen molar-refractivity contribution in [2.45, 2.75) is 31.0 Å². The predicted molar refractivity (Wildman–Crippen MR) is 123 cm³/mol. The molecule has 2 aromatic carbocycles. The Hall–Kier alpha value is -3.16. The number of aromatic nitrogens is 2. The van der Waals surface area contributed by atoms with Gasteiger partial charge in [0.2, 0.25) is 0 Å². The van der Waals surface area contributed by atoms with Crippen molar-refractivity contribution in [1.82, 2.24) is 14.9 Å². The Morgan fingerprint density at radius 3 is 2.64 bits per heavy atom. The van der Waals surface area contributed by atoms with E-state index in [-0.39, 0.29) is 23.6 Å². The molecule has 7 nitrogen and oxygen atoms in total. The van der Waals surface area contributed by atoms with Crippen LogP contribution in [0.25, 0.3) is 0 Å². The Morgan fingerprint density at radius 1 is 1.06 bits per heavy atom. The maximum Gasteiger partial charge on any atom is 0.321 e. The minimum absolute atomic E-state index is 0.0221. The van der Waals surface area contributed by atoms with Crippen LogP contribution in [0.1, 0.15) is 29.6 Å². The van der Waals surface area contributed by atoms with Crippen LogP contribution in [-0.2, 0) is 4.74 Å². The smallest absolute Gasteiger partial charge is 0.321 e. The van der Waals surface area contributed by atoms with Gasteiger partial charge in [-0.25, -0.2) is 9.97 Å². The lowest BCUT2D eigenvalue weighted by atomic mass is 9.87. The highest BCUT2D eigenvalue weighted by molar-refractivity contribution is 6.32. The van der Waals surface area contributed by atoms with Crippen LogP contribution in [0.4, 0.5) is 0 Å². The van der Waals surface area contributed by atoms with Crippen LogP contribution in [0.2, 0.25) is 5.02 Å². The second kappa shape index (κ2) is 9.37. The SMILES string of the molecule is O=C(c1cccc(Oc2ncccn2)c1)N1CCC2(CC1)C[C@H](Oc1ccccc1Cl)CO2. The third-order valence-electron chi connectivity index (χ3n) is 6.10. The van der Waals surface area contributed by atoms with Gasteiger partial charge < -0.3 is 19.1 Å². The van der Waals surface area contributed by atoms with Gasteiger partial charge in [-0.1, -0.05) is 29.8 Å². The summed E-state index contributed by atoms with van der Waals surface area (Å²) in [5.41, 5.74) is 0.324. The lowest BCUT2D eigenvalue weighted by Crippen LogP contribution is -2.46. The van der Waals surface area contributed by atoms with Gasteiger partial charge in [-0.05, 0) is 49.2 Å². The Bertz CT molecular complexity index is 1120. The average molecular weight is 466 g/mol. The number of carbonyl (C=O) groups excluding carboxylic acids is 1. The molecule has 1 aromatic heterocycles. The number of benzene rings is 2. The van der Waals surface area contributed by atoms with Gasteiger partial charge in [0.15, 0.2) is 0 Å². The molecular weight excluding hydrogens is 442 g/mol. The molecule has 3 heterocycles. The minimum Gasteiger partial charge on any atom is -0.486 e. The molecule has 2 saturated heterocycles. The molecule has 0 radical (unpaired) electrons. The van der Waals surface area contributed by atoms with Gasteiger partial charge in [-0.2, -0.15) is 0 Å². The fourth-order valence-electron chi connectivity index (χ4n) is 4.38. The van der Waals surface area contributed by atoms with Gasteiger partial charge in [-0.3, -0.25) is 4.79 Å². The molecule has 2 aliphatic rings. The summed E-state index contributed by atoms with van der Waals surface area (Å²) in [6.07, 6.45) is 5.51. The first kappa shape index (κ1) is 21.7. The number of halogens is 1. The molecule has 1 amide bonds. The highest BCUT2D eigenvalue weighted by atomic mass is 35.5. The Labute approximate surface area is 197 Å². The van der Waals surface area contributed by atoms with E-state index in [0.29, 0.717) is 41.8 Å². The van der Waals surface area contributed by atoms with Crippen molar-refractivity contribution in [3.63, 3.8) is 0 Å². The molecule has 0 N–H and O–H groups in total. The van der Waals surface area contributed by atoms with Crippen molar-refractivity contribution in [3.8, 4) is 17.5 Å². The third kappa shape index (κ3) is 4.94. The van der Waals surface area contributed by atoms with Crippen LogP contribution in [0, 0.1) is 0 Å². The Balaban J connectivity index is 1.18. The van der Waals surface area contributed by atoms with Crippen molar-refractivity contribution in [2.24, 2.45) is 0 Å². The van der Waals surface area contributed by atoms with Crippen LogP contribution in [-0.4, -0.2) is 52.2 Å². The van der Waals surface area contributed by atoms with E-state index in [1.54, 1.807) is 42.7 Å². The summed E-state index contributed by atoms with van der Waals surface area (Å²) >= 11 is 6.22. The van der Waals surface area contributed by atoms with E-state index in [1.165, 1.54) is 0 Å². The molecule has 33 heavy (non-hydrogen) atoms. The topological polar surface area (TPSA) is 73.8 Å². The lowest BCUT2D eigenvalue weighted by molar-refractivity contribution is -0.0395. The van der Waals surface area contributed by atoms with E-state index >= 15 is 0 Å². The van der Waals surface area contributed by atoms with Crippen LogP contribution in [0.5, 0.6) is 17.5 Å². The molecule has 1 spiro atoms. The molecule has 1 atom stereocenters. The first-order chi connectivity index (χ1) is 16.1. The lowest BCUT2D eigenvalue weighted by Gasteiger charge is -2.38. The van der Waals surface area contributed by atoms with Gasteiger partial charge in [0.1, 0.15) is 17.6 Å². The first-order valence-corrected chi connectivity index (χ1v) is 11.4. The van der Waals surface area contributed by atoms with E-state index in [2.05, 4.69) is 9.97 Å². The molecule has 3 aromatic rings. The van der Waals surface area contributed by atoms with Gasteiger partial charge >= 0.3 is 6.01 Å². The number of nitrogens with zero attached hydrogens (tertiary/aromatic N) is 3. The third-order valence-corrected chi connectivity index (χ3v) is 6.41. The quantitative estimate of drug-likeness (QED) is 0.540. The van der Waals surface area contributed by atoms with Crippen molar-refractivity contribution in [1.29, 1.82) is 0 Å². The zero-order valence-electron chi connectivity index (χ0n) is 18.0. The number of piperidine rings is 1. The van der Waals surface area contributed by atoms with Crippen molar-refractivity contribution in [3.05, 3.63) is 77.6 Å². The molecule has 170 valence electrons. The largest absolute Gasteiger partial charge is 0.486 e. The number of rotatable bonds is 5. The van der Waals surface area contributed by atoms with Crippen molar-refractivity contribution in [2.75, 3.05) is 19.7 Å². The fraction of sp³-hybridized carbons (Fsp3) is 0.320. The maximum atomic E-state index is 13.1. The summed E-state index contributed by atoms with van der Waals surface area (Å²) < 4.78 is 17.9. The van der Waals surface area contributed by atoms with Crippen molar-refractivity contribution < 1.29 is 19.0 Å². The Kier molecular flexibility index (Phi) is 6.15. The van der Waals surface area contributed by atoms with E-state index in [4.69, 9.17) is 25.8 Å². The summed E-state index contributed by atoms with van der Waals surface area (Å²) in [6, 6.07) is 16.5. The number of hydrogen-bond donors (Lipinski definition) is 0. The number of hydrogen-bond acceptors (Lipinski definition) is 6. The normalized spacial score (nSPS) is 19.4. The first-order valence-electron chi connectivity index (χ1n) is 11.0. The highest BCUT2D eigenvalue weighted by Gasteiger charge is 2.44. The number of amides is 1. The standard InChI is InChI=1S/C25H24ClN3O4/c26-21-7-1-2-8-22(21)32-20-16-25(31-17-20)9-13-29(14-10-25)23(30)18-5-3-6-19(15-18)33-24-27-11-4-12-28-24/h1-8,11-12,15,20H,9-10,13-14,16-17H2/t20-/m0/s1.